The third-order valence-corrected chi connectivity index (χ3v) is 8.33. The van der Waals surface area contributed by atoms with Crippen molar-refractivity contribution in [1.82, 2.24) is 0 Å². The van der Waals surface area contributed by atoms with E-state index in [-0.39, 0.29) is 33.8 Å². The van der Waals surface area contributed by atoms with Gasteiger partial charge in [-0.25, -0.2) is 0 Å². The maximum atomic E-state index is 11.9. The van der Waals surface area contributed by atoms with Crippen molar-refractivity contribution in [3.05, 3.63) is 23.3 Å². The number of phenolic OH excluding ortho intramolecular Hbond substituents is 1. The molecule has 0 heterocycles. The molecule has 1 unspecified atom stereocenters. The van der Waals surface area contributed by atoms with Crippen LogP contribution < -0.4 is 0 Å². The first kappa shape index (κ1) is 17.8. The van der Waals surface area contributed by atoms with E-state index in [1.165, 1.54) is 0 Å². The molecule has 0 aliphatic heterocycles. The summed E-state index contributed by atoms with van der Waals surface area (Å²) in [5.74, 6) is 2.92. The van der Waals surface area contributed by atoms with Gasteiger partial charge in [0.15, 0.2) is 0 Å². The fraction of sp³-hybridized carbons (Fsp3) is 0.600. The Kier molecular flexibility index (Phi) is 3.76. The second-order valence-electron chi connectivity index (χ2n) is 8.41. The lowest BCUT2D eigenvalue weighted by Gasteiger charge is -2.52. The molecule has 0 radical (unpaired) electrons. The van der Waals surface area contributed by atoms with Crippen LogP contribution in [-0.4, -0.2) is 28.8 Å². The summed E-state index contributed by atoms with van der Waals surface area (Å²) in [6.45, 7) is 2.07. The molecule has 3 aliphatic rings. The minimum Gasteiger partial charge on any atom is -0.508 e. The standard InChI is InChI=1S/C20H24O5S/c1-3-20(22)9-7-16-14-5-4-12-10-13(21)11-17(26(23,24)25)18(12)15(14)6-8-19(16,20)2/h1,10-11,14-16,21-22H,4-9H2,2H3,(H,23,24,25)/t14-,15+,16+,19?,20+/m1/s1. The molecule has 2 saturated carbocycles. The Morgan fingerprint density at radius 1 is 1.23 bits per heavy atom. The molecule has 0 aromatic heterocycles. The highest BCUT2D eigenvalue weighted by Gasteiger charge is 2.61. The molecule has 2 fully saturated rings. The normalized spacial score (nSPS) is 38.8. The van der Waals surface area contributed by atoms with Gasteiger partial charge in [0.2, 0.25) is 0 Å². The van der Waals surface area contributed by atoms with Gasteiger partial charge in [-0.15, -0.1) is 6.42 Å². The summed E-state index contributed by atoms with van der Waals surface area (Å²) in [5.41, 5.74) is -0.0215. The third-order valence-electron chi connectivity index (χ3n) is 7.44. The molecule has 140 valence electrons. The number of fused-ring (bicyclic) bond motifs is 5. The highest BCUT2D eigenvalue weighted by molar-refractivity contribution is 7.85. The first-order valence-electron chi connectivity index (χ1n) is 9.14. The minimum atomic E-state index is -4.42. The van der Waals surface area contributed by atoms with Crippen LogP contribution in [0.15, 0.2) is 17.0 Å². The van der Waals surface area contributed by atoms with Crippen LogP contribution in [0.4, 0.5) is 0 Å². The van der Waals surface area contributed by atoms with E-state index >= 15 is 0 Å². The maximum absolute atomic E-state index is 11.9. The summed E-state index contributed by atoms with van der Waals surface area (Å²) < 4.78 is 33.6. The first-order valence-corrected chi connectivity index (χ1v) is 10.6. The van der Waals surface area contributed by atoms with Crippen LogP contribution in [0.3, 0.4) is 0 Å². The highest BCUT2D eigenvalue weighted by Crippen LogP contribution is 2.64. The number of phenols is 1. The molecule has 6 heteroatoms. The van der Waals surface area contributed by atoms with Gasteiger partial charge in [0.25, 0.3) is 10.1 Å². The Labute approximate surface area is 154 Å². The number of aliphatic hydroxyl groups is 1. The smallest absolute Gasteiger partial charge is 0.294 e. The Balaban J connectivity index is 1.83. The van der Waals surface area contributed by atoms with Crippen molar-refractivity contribution in [2.24, 2.45) is 17.3 Å². The first-order chi connectivity index (χ1) is 12.1. The van der Waals surface area contributed by atoms with E-state index in [4.69, 9.17) is 6.42 Å². The molecular formula is C20H24O5S. The molecule has 26 heavy (non-hydrogen) atoms. The van der Waals surface area contributed by atoms with Crippen molar-refractivity contribution >= 4 is 10.1 Å². The lowest BCUT2D eigenvalue weighted by atomic mass is 9.53. The van der Waals surface area contributed by atoms with Gasteiger partial charge >= 0.3 is 0 Å². The Hall–Kier alpha value is -1.55. The summed E-state index contributed by atoms with van der Waals surface area (Å²) in [7, 11) is -4.42. The Morgan fingerprint density at radius 3 is 2.62 bits per heavy atom. The fourth-order valence-electron chi connectivity index (χ4n) is 6.13. The van der Waals surface area contributed by atoms with E-state index in [1.54, 1.807) is 6.07 Å². The van der Waals surface area contributed by atoms with E-state index in [0.29, 0.717) is 31.2 Å². The van der Waals surface area contributed by atoms with E-state index < -0.39 is 15.7 Å². The molecule has 5 nitrogen and oxygen atoms in total. The molecule has 0 spiro atoms. The summed E-state index contributed by atoms with van der Waals surface area (Å²) in [6, 6.07) is 2.76. The number of terminal acetylenes is 1. The van der Waals surface area contributed by atoms with Crippen LogP contribution in [0, 0.1) is 29.6 Å². The van der Waals surface area contributed by atoms with Crippen molar-refractivity contribution in [2.45, 2.75) is 61.9 Å². The zero-order valence-corrected chi connectivity index (χ0v) is 15.6. The van der Waals surface area contributed by atoms with Gasteiger partial charge < -0.3 is 10.2 Å². The number of hydrogen-bond acceptors (Lipinski definition) is 4. The van der Waals surface area contributed by atoms with E-state index in [2.05, 4.69) is 12.8 Å². The van der Waals surface area contributed by atoms with Crippen molar-refractivity contribution in [2.75, 3.05) is 0 Å². The average molecular weight is 376 g/mol. The largest absolute Gasteiger partial charge is 0.508 e. The van der Waals surface area contributed by atoms with Crippen molar-refractivity contribution in [3.63, 3.8) is 0 Å². The molecule has 0 amide bonds. The van der Waals surface area contributed by atoms with Gasteiger partial charge in [-0.1, -0.05) is 12.8 Å². The summed E-state index contributed by atoms with van der Waals surface area (Å²) in [6.07, 6.45) is 10.00. The number of aryl methyl sites for hydroxylation is 1. The molecule has 0 saturated heterocycles. The van der Waals surface area contributed by atoms with Crippen molar-refractivity contribution in [1.29, 1.82) is 0 Å². The van der Waals surface area contributed by atoms with Gasteiger partial charge in [0.05, 0.1) is 0 Å². The monoisotopic (exact) mass is 376 g/mol. The SMILES string of the molecule is C#C[C@]1(O)CC[C@H]2[C@@H]3CCc4cc(O)cc(S(=O)(=O)O)c4[C@H]3CCC21C. The van der Waals surface area contributed by atoms with Gasteiger partial charge in [0, 0.05) is 11.5 Å². The van der Waals surface area contributed by atoms with Crippen LogP contribution in [0.2, 0.25) is 0 Å². The summed E-state index contributed by atoms with van der Waals surface area (Å²) >= 11 is 0. The predicted octanol–water partition coefficient (Wildman–Crippen LogP) is 2.86. The average Bonchev–Trinajstić information content (AvgIpc) is 2.85. The zero-order chi connectivity index (χ0) is 18.9. The van der Waals surface area contributed by atoms with E-state index in [1.807, 2.05) is 0 Å². The lowest BCUT2D eigenvalue weighted by Crippen LogP contribution is -2.50. The predicted molar refractivity (Wildman–Crippen MR) is 96.3 cm³/mol. The molecule has 3 N–H and O–H groups in total. The molecule has 5 atom stereocenters. The van der Waals surface area contributed by atoms with Crippen molar-refractivity contribution < 1.29 is 23.2 Å². The molecular weight excluding hydrogens is 352 g/mol. The summed E-state index contributed by atoms with van der Waals surface area (Å²) in [4.78, 5) is -0.170. The van der Waals surface area contributed by atoms with Crippen LogP contribution in [0.25, 0.3) is 0 Å². The third kappa shape index (κ3) is 2.27. The van der Waals surface area contributed by atoms with Gasteiger partial charge in [0.1, 0.15) is 16.2 Å². The topological polar surface area (TPSA) is 94.8 Å². The number of hydrogen-bond donors (Lipinski definition) is 3. The number of aromatic hydroxyl groups is 1. The molecule has 1 aromatic carbocycles. The van der Waals surface area contributed by atoms with Crippen LogP contribution in [0.5, 0.6) is 5.75 Å². The lowest BCUT2D eigenvalue weighted by molar-refractivity contribution is -0.0649. The quantitative estimate of drug-likeness (QED) is 0.517. The molecule has 3 aliphatic carbocycles. The second kappa shape index (κ2) is 5.48. The van der Waals surface area contributed by atoms with Gasteiger partial charge in [-0.05, 0) is 73.5 Å². The van der Waals surface area contributed by atoms with Gasteiger partial charge in [-0.3, -0.25) is 4.55 Å². The Morgan fingerprint density at radius 2 is 1.96 bits per heavy atom. The molecule has 4 rings (SSSR count). The van der Waals surface area contributed by atoms with E-state index in [0.717, 1.165) is 24.5 Å². The van der Waals surface area contributed by atoms with Crippen LogP contribution in [0.1, 0.15) is 56.1 Å². The zero-order valence-electron chi connectivity index (χ0n) is 14.8. The molecule has 1 aromatic rings. The second-order valence-corrected chi connectivity index (χ2v) is 9.80. The number of rotatable bonds is 1. The van der Waals surface area contributed by atoms with Crippen LogP contribution >= 0.6 is 0 Å². The van der Waals surface area contributed by atoms with E-state index in [9.17, 15) is 23.2 Å². The highest BCUT2D eigenvalue weighted by atomic mass is 32.2. The Bertz CT molecular complexity index is 915. The number of benzene rings is 1. The molecule has 0 bridgehead atoms. The summed E-state index contributed by atoms with van der Waals surface area (Å²) in [5, 5.41) is 20.8. The fourth-order valence-corrected chi connectivity index (χ4v) is 6.96. The minimum absolute atomic E-state index is 0.00512. The maximum Gasteiger partial charge on any atom is 0.294 e. The van der Waals surface area contributed by atoms with Crippen LogP contribution in [-0.2, 0) is 16.5 Å². The van der Waals surface area contributed by atoms with Crippen molar-refractivity contribution in [3.8, 4) is 18.1 Å². The van der Waals surface area contributed by atoms with Gasteiger partial charge in [-0.2, -0.15) is 8.42 Å².